The van der Waals surface area contributed by atoms with Crippen LogP contribution in [0.25, 0.3) is 10.1 Å². The summed E-state index contributed by atoms with van der Waals surface area (Å²) in [6, 6.07) is 3.78. The lowest BCUT2D eigenvalue weighted by atomic mass is 10.2. The zero-order valence-corrected chi connectivity index (χ0v) is 9.49. The fourth-order valence-corrected chi connectivity index (χ4v) is 2.67. The largest absolute Gasteiger partial charge is 0.492 e. The summed E-state index contributed by atoms with van der Waals surface area (Å²) in [7, 11) is 0. The van der Waals surface area contributed by atoms with Crippen LogP contribution < -0.4 is 10.5 Å². The minimum atomic E-state index is 0.651. The number of ether oxygens (including phenoxy) is 1. The monoisotopic (exact) mass is 225 g/mol. The molecule has 2 aromatic rings. The predicted octanol–water partition coefficient (Wildman–Crippen LogP) is 3.17. The molecule has 0 spiro atoms. The van der Waals surface area contributed by atoms with E-state index in [0.29, 0.717) is 6.61 Å². The van der Waals surface area contributed by atoms with Gasteiger partial charge in [-0.3, -0.25) is 0 Å². The number of nitrogens with two attached hydrogens (primary N) is 1. The Balaban J connectivity index is 2.68. The van der Waals surface area contributed by atoms with Crippen LogP contribution in [0.1, 0.15) is 6.92 Å². The third kappa shape index (κ3) is 1.55. The molecule has 0 saturated carbocycles. The first kappa shape index (κ1) is 9.68. The third-order valence-electron chi connectivity index (χ3n) is 1.94. The van der Waals surface area contributed by atoms with Crippen LogP contribution in [-0.2, 0) is 0 Å². The highest BCUT2D eigenvalue weighted by molar-refractivity contribution is 7.80. The average Bonchev–Trinajstić information content (AvgIpc) is 2.49. The molecule has 0 bridgehead atoms. The quantitative estimate of drug-likeness (QED) is 0.608. The molecule has 2 nitrogen and oxygen atoms in total. The van der Waals surface area contributed by atoms with E-state index in [1.165, 1.54) is 0 Å². The molecule has 1 aromatic heterocycles. The summed E-state index contributed by atoms with van der Waals surface area (Å²) in [6.07, 6.45) is 0. The number of anilines is 1. The van der Waals surface area contributed by atoms with E-state index >= 15 is 0 Å². The Morgan fingerprint density at radius 1 is 1.50 bits per heavy atom. The van der Waals surface area contributed by atoms with Crippen molar-refractivity contribution in [3.8, 4) is 5.75 Å². The van der Waals surface area contributed by atoms with Crippen LogP contribution in [0.2, 0.25) is 0 Å². The molecule has 0 fully saturated rings. The molecule has 0 radical (unpaired) electrons. The molecule has 0 aliphatic rings. The molecule has 2 rings (SSSR count). The molecule has 74 valence electrons. The Labute approximate surface area is 92.1 Å². The van der Waals surface area contributed by atoms with Gasteiger partial charge in [-0.1, -0.05) is 0 Å². The van der Waals surface area contributed by atoms with E-state index < -0.39 is 0 Å². The first-order valence-corrected chi connectivity index (χ1v) is 5.67. The molecule has 0 aliphatic carbocycles. The molecule has 0 atom stereocenters. The zero-order chi connectivity index (χ0) is 10.1. The second kappa shape index (κ2) is 3.71. The van der Waals surface area contributed by atoms with Crippen molar-refractivity contribution in [2.75, 3.05) is 12.3 Å². The van der Waals surface area contributed by atoms with Crippen molar-refractivity contribution < 1.29 is 4.74 Å². The average molecular weight is 225 g/mol. The van der Waals surface area contributed by atoms with Gasteiger partial charge in [0.2, 0.25) is 0 Å². The summed E-state index contributed by atoms with van der Waals surface area (Å²) in [5.74, 6) is 0.854. The molecule has 1 aromatic carbocycles. The maximum Gasteiger partial charge on any atom is 0.139 e. The number of rotatable bonds is 2. The van der Waals surface area contributed by atoms with Crippen LogP contribution in [0.5, 0.6) is 5.75 Å². The highest BCUT2D eigenvalue weighted by Gasteiger charge is 2.07. The van der Waals surface area contributed by atoms with Crippen molar-refractivity contribution in [1.29, 1.82) is 0 Å². The van der Waals surface area contributed by atoms with E-state index in [9.17, 15) is 0 Å². The lowest BCUT2D eigenvalue weighted by Gasteiger charge is -2.05. The first-order chi connectivity index (χ1) is 6.72. The highest BCUT2D eigenvalue weighted by atomic mass is 32.1. The fraction of sp³-hybridized carbons (Fsp3) is 0.200. The van der Waals surface area contributed by atoms with Gasteiger partial charge in [0.05, 0.1) is 11.3 Å². The molecule has 1 heterocycles. The van der Waals surface area contributed by atoms with Crippen molar-refractivity contribution in [2.45, 2.75) is 11.8 Å². The van der Waals surface area contributed by atoms with E-state index in [0.717, 1.165) is 26.4 Å². The summed E-state index contributed by atoms with van der Waals surface area (Å²) in [4.78, 5) is 0.957. The molecule has 14 heavy (non-hydrogen) atoms. The van der Waals surface area contributed by atoms with Gasteiger partial charge in [-0.25, -0.2) is 0 Å². The second-order valence-electron chi connectivity index (χ2n) is 2.95. The number of nitrogen functional groups attached to an aromatic ring is 1. The number of thiophene rings is 1. The number of hydrogen-bond acceptors (Lipinski definition) is 4. The lowest BCUT2D eigenvalue weighted by Crippen LogP contribution is -1.93. The summed E-state index contributed by atoms with van der Waals surface area (Å²) in [5.41, 5.74) is 6.49. The Kier molecular flexibility index (Phi) is 2.56. The van der Waals surface area contributed by atoms with Gasteiger partial charge in [-0.15, -0.1) is 24.0 Å². The van der Waals surface area contributed by atoms with Gasteiger partial charge in [-0.2, -0.15) is 0 Å². The van der Waals surface area contributed by atoms with Gasteiger partial charge < -0.3 is 10.5 Å². The minimum Gasteiger partial charge on any atom is -0.492 e. The predicted molar refractivity (Wildman–Crippen MR) is 64.7 cm³/mol. The molecule has 2 N–H and O–H groups in total. The van der Waals surface area contributed by atoms with Crippen molar-refractivity contribution in [1.82, 2.24) is 0 Å². The van der Waals surface area contributed by atoms with E-state index in [1.807, 2.05) is 24.4 Å². The number of benzene rings is 1. The summed E-state index contributed by atoms with van der Waals surface area (Å²) >= 11 is 6.00. The van der Waals surface area contributed by atoms with E-state index in [-0.39, 0.29) is 0 Å². The van der Waals surface area contributed by atoms with Gasteiger partial charge in [-0.05, 0) is 13.0 Å². The van der Waals surface area contributed by atoms with Crippen LogP contribution in [-0.4, -0.2) is 6.61 Å². The van der Waals surface area contributed by atoms with Crippen LogP contribution in [0.3, 0.4) is 0 Å². The number of thiol groups is 1. The van der Waals surface area contributed by atoms with E-state index in [4.69, 9.17) is 10.5 Å². The Morgan fingerprint density at radius 2 is 2.29 bits per heavy atom. The first-order valence-electron chi connectivity index (χ1n) is 4.35. The Hall–Kier alpha value is -0.870. The van der Waals surface area contributed by atoms with Crippen molar-refractivity contribution in [3.05, 3.63) is 17.5 Å². The van der Waals surface area contributed by atoms with Crippen molar-refractivity contribution in [3.63, 3.8) is 0 Å². The van der Waals surface area contributed by atoms with Crippen LogP contribution in [0.15, 0.2) is 22.4 Å². The normalized spacial score (nSPS) is 10.7. The lowest BCUT2D eigenvalue weighted by molar-refractivity contribution is 0.345. The van der Waals surface area contributed by atoms with Gasteiger partial charge >= 0.3 is 0 Å². The molecule has 0 saturated heterocycles. The Bertz CT molecular complexity index is 464. The van der Waals surface area contributed by atoms with Gasteiger partial charge in [0.15, 0.2) is 0 Å². The van der Waals surface area contributed by atoms with E-state index in [1.54, 1.807) is 11.3 Å². The van der Waals surface area contributed by atoms with Gasteiger partial charge in [0.25, 0.3) is 0 Å². The molecular weight excluding hydrogens is 214 g/mol. The third-order valence-corrected chi connectivity index (χ3v) is 3.50. The van der Waals surface area contributed by atoms with Crippen LogP contribution in [0, 0.1) is 0 Å². The van der Waals surface area contributed by atoms with Gasteiger partial charge in [0.1, 0.15) is 5.75 Å². The summed E-state index contributed by atoms with van der Waals surface area (Å²) < 4.78 is 6.63. The van der Waals surface area contributed by atoms with Gasteiger partial charge in [0, 0.05) is 27.4 Å². The zero-order valence-electron chi connectivity index (χ0n) is 7.78. The fourth-order valence-electron chi connectivity index (χ4n) is 1.38. The molecule has 4 heteroatoms. The molecular formula is C10H11NOS2. The number of fused-ring (bicyclic) bond motifs is 1. The molecule has 0 unspecified atom stereocenters. The minimum absolute atomic E-state index is 0.651. The highest BCUT2D eigenvalue weighted by Crippen LogP contribution is 2.37. The standard InChI is InChI=1S/C10H11NOS2/c1-2-12-8-4-6(11)3-7-9(13)5-14-10(7)8/h3-5,13H,2,11H2,1H3. The second-order valence-corrected chi connectivity index (χ2v) is 4.31. The maximum atomic E-state index is 5.77. The molecule has 0 amide bonds. The van der Waals surface area contributed by atoms with E-state index in [2.05, 4.69) is 12.6 Å². The summed E-state index contributed by atoms with van der Waals surface area (Å²) in [6.45, 7) is 2.61. The van der Waals surface area contributed by atoms with Crippen LogP contribution >= 0.6 is 24.0 Å². The topological polar surface area (TPSA) is 35.2 Å². The summed E-state index contributed by atoms with van der Waals surface area (Å²) in [5, 5.41) is 3.07. The maximum absolute atomic E-state index is 5.77. The Morgan fingerprint density at radius 3 is 3.00 bits per heavy atom. The smallest absolute Gasteiger partial charge is 0.139 e. The SMILES string of the molecule is CCOc1cc(N)cc2c(S)csc12. The molecule has 0 aliphatic heterocycles. The number of hydrogen-bond donors (Lipinski definition) is 2. The van der Waals surface area contributed by atoms with Crippen molar-refractivity contribution in [2.24, 2.45) is 0 Å². The van der Waals surface area contributed by atoms with Crippen LogP contribution in [0.4, 0.5) is 5.69 Å². The van der Waals surface area contributed by atoms with Crippen molar-refractivity contribution >= 4 is 39.7 Å².